The number of carbonyl (C=O) groups excluding carboxylic acids is 2. The topological polar surface area (TPSA) is 49.4 Å². The van der Waals surface area contributed by atoms with Gasteiger partial charge in [-0.2, -0.15) is 0 Å². The largest absolute Gasteiger partial charge is 0.303 e. The smallest absolute Gasteiger partial charge is 0.272 e. The first-order chi connectivity index (χ1) is 4.25. The standard InChI is InChI=1S/C4H6N2O2S/c1-5-6-3(7)2-9-4(6)8/h5H,2H2,1H3. The van der Waals surface area contributed by atoms with E-state index >= 15 is 0 Å². The minimum absolute atomic E-state index is 0.174. The van der Waals surface area contributed by atoms with Crippen LogP contribution in [0.1, 0.15) is 0 Å². The minimum atomic E-state index is -0.220. The second-order valence-corrected chi connectivity index (χ2v) is 2.43. The van der Waals surface area contributed by atoms with Gasteiger partial charge in [-0.25, -0.2) is 10.4 Å². The van der Waals surface area contributed by atoms with Gasteiger partial charge in [0, 0.05) is 7.05 Å². The van der Waals surface area contributed by atoms with Crippen LogP contribution in [0.5, 0.6) is 0 Å². The Labute approximate surface area is 56.6 Å². The lowest BCUT2D eigenvalue weighted by atomic mass is 10.7. The third-order valence-corrected chi connectivity index (χ3v) is 1.80. The van der Waals surface area contributed by atoms with E-state index in [2.05, 4.69) is 5.43 Å². The number of amides is 2. The number of nitrogens with zero attached hydrogens (tertiary/aromatic N) is 1. The van der Waals surface area contributed by atoms with E-state index in [-0.39, 0.29) is 16.9 Å². The van der Waals surface area contributed by atoms with E-state index in [1.54, 1.807) is 7.05 Å². The Morgan fingerprint density at radius 1 is 1.67 bits per heavy atom. The summed E-state index contributed by atoms with van der Waals surface area (Å²) < 4.78 is 0. The summed E-state index contributed by atoms with van der Waals surface area (Å²) in [5.41, 5.74) is 2.48. The molecule has 1 rings (SSSR count). The van der Waals surface area contributed by atoms with Gasteiger partial charge in [-0.3, -0.25) is 9.59 Å². The summed E-state index contributed by atoms with van der Waals surface area (Å²) in [6, 6.07) is 0. The lowest BCUT2D eigenvalue weighted by Crippen LogP contribution is -2.38. The molecule has 0 aromatic heterocycles. The maximum Gasteiger partial charge on any atom is 0.303 e. The molecule has 1 aliphatic heterocycles. The summed E-state index contributed by atoms with van der Waals surface area (Å²) >= 11 is 1.01. The molecular formula is C4H6N2O2S. The number of thioether (sulfide) groups is 1. The van der Waals surface area contributed by atoms with Crippen LogP contribution in [0.4, 0.5) is 4.79 Å². The van der Waals surface area contributed by atoms with E-state index in [1.807, 2.05) is 0 Å². The van der Waals surface area contributed by atoms with E-state index in [0.717, 1.165) is 16.8 Å². The van der Waals surface area contributed by atoms with Crippen molar-refractivity contribution in [2.24, 2.45) is 0 Å². The van der Waals surface area contributed by atoms with Crippen molar-refractivity contribution >= 4 is 22.9 Å². The predicted molar refractivity (Wildman–Crippen MR) is 33.8 cm³/mol. The summed E-state index contributed by atoms with van der Waals surface area (Å²) in [7, 11) is 1.54. The highest BCUT2D eigenvalue weighted by molar-refractivity contribution is 8.14. The normalized spacial score (nSPS) is 19.4. The van der Waals surface area contributed by atoms with Crippen molar-refractivity contribution in [2.45, 2.75) is 0 Å². The van der Waals surface area contributed by atoms with Crippen molar-refractivity contribution in [1.82, 2.24) is 10.4 Å². The van der Waals surface area contributed by atoms with Crippen molar-refractivity contribution in [1.29, 1.82) is 0 Å². The maximum absolute atomic E-state index is 10.6. The highest BCUT2D eigenvalue weighted by Crippen LogP contribution is 2.15. The molecule has 0 saturated carbocycles. The Kier molecular flexibility index (Phi) is 1.73. The van der Waals surface area contributed by atoms with Gasteiger partial charge in [0.05, 0.1) is 5.75 Å². The molecule has 50 valence electrons. The molecule has 1 aliphatic rings. The molecule has 0 bridgehead atoms. The van der Waals surface area contributed by atoms with Gasteiger partial charge in [-0.1, -0.05) is 11.8 Å². The molecule has 1 heterocycles. The van der Waals surface area contributed by atoms with Gasteiger partial charge in [-0.15, -0.1) is 0 Å². The summed E-state index contributed by atoms with van der Waals surface area (Å²) in [4.78, 5) is 21.3. The second-order valence-electron chi connectivity index (χ2n) is 1.51. The predicted octanol–water partition coefficient (Wildman–Crippen LogP) is -0.184. The van der Waals surface area contributed by atoms with Crippen molar-refractivity contribution in [3.05, 3.63) is 0 Å². The zero-order valence-electron chi connectivity index (χ0n) is 4.88. The van der Waals surface area contributed by atoms with Crippen LogP contribution in [-0.2, 0) is 4.79 Å². The molecule has 0 aromatic carbocycles. The van der Waals surface area contributed by atoms with Gasteiger partial charge in [0.2, 0.25) is 0 Å². The van der Waals surface area contributed by atoms with Crippen LogP contribution in [0.15, 0.2) is 0 Å². The fourth-order valence-electron chi connectivity index (χ4n) is 0.570. The first-order valence-corrected chi connectivity index (χ1v) is 3.41. The molecule has 0 radical (unpaired) electrons. The van der Waals surface area contributed by atoms with Gasteiger partial charge in [0.15, 0.2) is 0 Å². The first kappa shape index (κ1) is 6.57. The zero-order valence-corrected chi connectivity index (χ0v) is 5.70. The maximum atomic E-state index is 10.6. The molecule has 1 fully saturated rings. The number of nitrogens with one attached hydrogen (secondary N) is 1. The molecule has 0 aliphatic carbocycles. The van der Waals surface area contributed by atoms with E-state index in [9.17, 15) is 9.59 Å². The number of hydrazine groups is 1. The van der Waals surface area contributed by atoms with Crippen LogP contribution in [-0.4, -0.2) is 29.0 Å². The molecule has 9 heavy (non-hydrogen) atoms. The van der Waals surface area contributed by atoms with Crippen LogP contribution in [0.2, 0.25) is 0 Å². The Hall–Kier alpha value is -0.550. The third kappa shape index (κ3) is 1.06. The van der Waals surface area contributed by atoms with E-state index < -0.39 is 0 Å². The summed E-state index contributed by atoms with van der Waals surface area (Å²) in [5.74, 6) is 0.0900. The average molecular weight is 146 g/mol. The van der Waals surface area contributed by atoms with Gasteiger partial charge < -0.3 is 0 Å². The fraction of sp³-hybridized carbons (Fsp3) is 0.500. The number of carbonyl (C=O) groups is 2. The van der Waals surface area contributed by atoms with E-state index in [0.29, 0.717) is 0 Å². The van der Waals surface area contributed by atoms with Gasteiger partial charge in [0.25, 0.3) is 5.91 Å². The highest BCUT2D eigenvalue weighted by Gasteiger charge is 2.28. The average Bonchev–Trinajstić information content (AvgIpc) is 2.12. The van der Waals surface area contributed by atoms with Crippen molar-refractivity contribution < 1.29 is 9.59 Å². The van der Waals surface area contributed by atoms with Crippen LogP contribution in [0, 0.1) is 0 Å². The van der Waals surface area contributed by atoms with Crippen molar-refractivity contribution in [3.63, 3.8) is 0 Å². The van der Waals surface area contributed by atoms with Gasteiger partial charge >= 0.3 is 5.24 Å². The van der Waals surface area contributed by atoms with Crippen LogP contribution < -0.4 is 5.43 Å². The Balaban J connectivity index is 2.66. The lowest BCUT2D eigenvalue weighted by molar-refractivity contribution is -0.126. The number of rotatable bonds is 1. The third-order valence-electron chi connectivity index (χ3n) is 0.975. The number of imide groups is 1. The number of hydrogen-bond acceptors (Lipinski definition) is 4. The molecule has 2 amide bonds. The number of hydrogen-bond donors (Lipinski definition) is 1. The Morgan fingerprint density at radius 3 is 2.56 bits per heavy atom. The summed E-state index contributed by atoms with van der Waals surface area (Å²) in [6.07, 6.45) is 0. The SMILES string of the molecule is CNN1C(=O)CSC1=O. The van der Waals surface area contributed by atoms with Gasteiger partial charge in [-0.05, 0) is 0 Å². The van der Waals surface area contributed by atoms with Crippen LogP contribution in [0.3, 0.4) is 0 Å². The molecule has 0 aromatic rings. The lowest BCUT2D eigenvalue weighted by Gasteiger charge is -2.07. The molecule has 4 nitrogen and oxygen atoms in total. The molecule has 0 unspecified atom stereocenters. The monoisotopic (exact) mass is 146 g/mol. The summed E-state index contributed by atoms with van der Waals surface area (Å²) in [5, 5.41) is 0.785. The molecule has 0 atom stereocenters. The van der Waals surface area contributed by atoms with Crippen LogP contribution in [0.25, 0.3) is 0 Å². The minimum Gasteiger partial charge on any atom is -0.272 e. The first-order valence-electron chi connectivity index (χ1n) is 2.43. The molecule has 1 N–H and O–H groups in total. The Morgan fingerprint density at radius 2 is 2.33 bits per heavy atom. The molecular weight excluding hydrogens is 140 g/mol. The Bertz CT molecular complexity index is 143. The zero-order chi connectivity index (χ0) is 6.85. The van der Waals surface area contributed by atoms with Crippen molar-refractivity contribution in [2.75, 3.05) is 12.8 Å². The van der Waals surface area contributed by atoms with E-state index in [4.69, 9.17) is 0 Å². The second kappa shape index (κ2) is 2.36. The van der Waals surface area contributed by atoms with Crippen molar-refractivity contribution in [3.8, 4) is 0 Å². The highest BCUT2D eigenvalue weighted by atomic mass is 32.2. The van der Waals surface area contributed by atoms with Crippen LogP contribution >= 0.6 is 11.8 Å². The van der Waals surface area contributed by atoms with Gasteiger partial charge in [0.1, 0.15) is 0 Å². The summed E-state index contributed by atoms with van der Waals surface area (Å²) in [6.45, 7) is 0. The molecule has 1 saturated heterocycles. The molecule has 0 spiro atoms. The molecule has 5 heteroatoms. The van der Waals surface area contributed by atoms with E-state index in [1.165, 1.54) is 0 Å². The fourth-order valence-corrected chi connectivity index (χ4v) is 1.27. The quantitative estimate of drug-likeness (QED) is 0.557.